The van der Waals surface area contributed by atoms with Crippen molar-refractivity contribution >= 4 is 53.4 Å². The van der Waals surface area contributed by atoms with Gasteiger partial charge in [-0.3, -0.25) is 0 Å². The van der Waals surface area contributed by atoms with Crippen molar-refractivity contribution in [1.29, 1.82) is 0 Å². The van der Waals surface area contributed by atoms with Crippen LogP contribution in [0.25, 0.3) is 98.5 Å². The van der Waals surface area contributed by atoms with Crippen molar-refractivity contribution in [2.24, 2.45) is 0 Å². The minimum atomic E-state index is 0.606. The van der Waals surface area contributed by atoms with Crippen molar-refractivity contribution in [2.45, 2.75) is 0 Å². The van der Waals surface area contributed by atoms with E-state index in [2.05, 4.69) is 91.0 Å². The van der Waals surface area contributed by atoms with Gasteiger partial charge in [0.05, 0.1) is 0 Å². The number of fused-ring (bicyclic) bond motifs is 6. The summed E-state index contributed by atoms with van der Waals surface area (Å²) in [5.41, 5.74) is 9.08. The summed E-state index contributed by atoms with van der Waals surface area (Å²) in [4.78, 5) is 15.0. The van der Waals surface area contributed by atoms with Gasteiger partial charge in [-0.05, 0) is 28.8 Å². The second kappa shape index (κ2) is 11.6. The Bertz CT molecular complexity index is 2800. The zero-order valence-electron chi connectivity index (χ0n) is 26.7. The Morgan fingerprint density at radius 1 is 0.380 bits per heavy atom. The first-order valence-corrected chi connectivity index (χ1v) is 17.4. The summed E-state index contributed by atoms with van der Waals surface area (Å²) < 4.78 is 9.36. The number of furan rings is 1. The Hall–Kier alpha value is -6.43. The topological polar surface area (TPSA) is 51.8 Å². The molecule has 4 nitrogen and oxygen atoms in total. The molecule has 0 atom stereocenters. The average Bonchev–Trinajstić information content (AvgIpc) is 3.78. The predicted octanol–water partition coefficient (Wildman–Crippen LogP) is 12.5. The lowest BCUT2D eigenvalue weighted by Gasteiger charge is -2.10. The van der Waals surface area contributed by atoms with E-state index in [0.29, 0.717) is 17.5 Å². The first kappa shape index (κ1) is 28.6. The van der Waals surface area contributed by atoms with E-state index in [-0.39, 0.29) is 0 Å². The molecule has 0 bridgehead atoms. The van der Waals surface area contributed by atoms with Gasteiger partial charge in [0.25, 0.3) is 0 Å². The third-order valence-electron chi connectivity index (χ3n) is 9.36. The average molecular weight is 658 g/mol. The van der Waals surface area contributed by atoms with E-state index in [0.717, 1.165) is 49.8 Å². The lowest BCUT2D eigenvalue weighted by molar-refractivity contribution is 0.670. The van der Waals surface area contributed by atoms with Gasteiger partial charge in [-0.25, -0.2) is 15.0 Å². The van der Waals surface area contributed by atoms with E-state index < -0.39 is 0 Å². The molecule has 0 spiro atoms. The first-order chi connectivity index (χ1) is 24.8. The van der Waals surface area contributed by atoms with Crippen LogP contribution in [0.4, 0.5) is 0 Å². The molecule has 0 saturated carbocycles. The first-order valence-electron chi connectivity index (χ1n) is 16.6. The minimum Gasteiger partial charge on any atom is -0.455 e. The molecule has 10 rings (SSSR count). The van der Waals surface area contributed by atoms with Crippen LogP contribution in [-0.4, -0.2) is 15.0 Å². The molecule has 5 heteroatoms. The molecule has 50 heavy (non-hydrogen) atoms. The molecule has 10 aromatic rings. The summed E-state index contributed by atoms with van der Waals surface area (Å²) in [7, 11) is 0. The fourth-order valence-corrected chi connectivity index (χ4v) is 8.34. The number of nitrogens with zero attached hydrogens (tertiary/aromatic N) is 3. The minimum absolute atomic E-state index is 0.606. The van der Waals surface area contributed by atoms with Crippen LogP contribution >= 0.6 is 11.3 Å². The summed E-state index contributed by atoms with van der Waals surface area (Å²) in [6.45, 7) is 0. The van der Waals surface area contributed by atoms with Crippen molar-refractivity contribution in [1.82, 2.24) is 15.0 Å². The number of thiophene rings is 1. The Kier molecular flexibility index (Phi) is 6.64. The van der Waals surface area contributed by atoms with Crippen LogP contribution in [0.1, 0.15) is 0 Å². The summed E-state index contributed by atoms with van der Waals surface area (Å²) in [6.07, 6.45) is 0. The SMILES string of the molecule is c1ccc(-c2nc(-c3ccccc3)nc(-c3cccc4oc5c(-c6ccc(-c7ccccc7)c7sc8ccccc8c67)cccc5c34)n2)cc1. The van der Waals surface area contributed by atoms with E-state index >= 15 is 0 Å². The predicted molar refractivity (Wildman–Crippen MR) is 207 cm³/mol. The molecule has 0 unspecified atom stereocenters. The molecule has 7 aromatic carbocycles. The van der Waals surface area contributed by atoms with Crippen molar-refractivity contribution < 1.29 is 4.42 Å². The van der Waals surface area contributed by atoms with Crippen LogP contribution in [0, 0.1) is 0 Å². The number of hydrogen-bond acceptors (Lipinski definition) is 5. The van der Waals surface area contributed by atoms with Crippen molar-refractivity contribution in [3.63, 3.8) is 0 Å². The Labute approximate surface area is 292 Å². The molecule has 234 valence electrons. The highest BCUT2D eigenvalue weighted by atomic mass is 32.1. The normalized spacial score (nSPS) is 11.6. The van der Waals surface area contributed by atoms with Crippen molar-refractivity contribution in [2.75, 3.05) is 0 Å². The molecular weight excluding hydrogens is 631 g/mol. The van der Waals surface area contributed by atoms with Gasteiger partial charge in [0.2, 0.25) is 0 Å². The van der Waals surface area contributed by atoms with Crippen LogP contribution in [0.2, 0.25) is 0 Å². The van der Waals surface area contributed by atoms with Gasteiger partial charge in [-0.15, -0.1) is 11.3 Å². The highest BCUT2D eigenvalue weighted by molar-refractivity contribution is 7.26. The summed E-state index contributed by atoms with van der Waals surface area (Å²) in [5, 5.41) is 4.51. The Morgan fingerprint density at radius 2 is 0.940 bits per heavy atom. The lowest BCUT2D eigenvalue weighted by atomic mass is 9.93. The third-order valence-corrected chi connectivity index (χ3v) is 10.6. The molecule has 0 radical (unpaired) electrons. The monoisotopic (exact) mass is 657 g/mol. The van der Waals surface area contributed by atoms with Crippen molar-refractivity contribution in [3.8, 4) is 56.4 Å². The van der Waals surface area contributed by atoms with Crippen LogP contribution < -0.4 is 0 Å². The number of aromatic nitrogens is 3. The van der Waals surface area contributed by atoms with Gasteiger partial charge in [0, 0.05) is 53.2 Å². The second-order valence-electron chi connectivity index (χ2n) is 12.3. The standard InChI is InChI=1S/C45H27N3OS/c1-4-14-28(15-5-1)31-26-27-32(40-34-20-10-11-25-38(34)50-42(31)40)33-21-12-22-35-39-36(23-13-24-37(39)49-41(33)35)45-47-43(29-16-6-2-7-17-29)46-44(48-45)30-18-8-3-9-19-30/h1-27H. The highest BCUT2D eigenvalue weighted by Gasteiger charge is 2.22. The van der Waals surface area contributed by atoms with E-state index in [1.807, 2.05) is 84.1 Å². The van der Waals surface area contributed by atoms with Crippen LogP contribution in [0.3, 0.4) is 0 Å². The largest absolute Gasteiger partial charge is 0.455 e. The van der Waals surface area contributed by atoms with Crippen molar-refractivity contribution in [3.05, 3.63) is 164 Å². The molecule has 0 aliphatic rings. The van der Waals surface area contributed by atoms with Crippen LogP contribution in [-0.2, 0) is 0 Å². The molecule has 3 aromatic heterocycles. The molecule has 0 aliphatic heterocycles. The van der Waals surface area contributed by atoms with Crippen LogP contribution in [0.5, 0.6) is 0 Å². The zero-order chi connectivity index (χ0) is 33.0. The summed E-state index contributed by atoms with van der Waals surface area (Å²) >= 11 is 1.85. The molecule has 0 amide bonds. The van der Waals surface area contributed by atoms with Gasteiger partial charge in [-0.2, -0.15) is 0 Å². The third kappa shape index (κ3) is 4.63. The molecule has 0 N–H and O–H groups in total. The quantitative estimate of drug-likeness (QED) is 0.185. The van der Waals surface area contributed by atoms with Gasteiger partial charge in [-0.1, -0.05) is 152 Å². The number of hydrogen-bond donors (Lipinski definition) is 0. The summed E-state index contributed by atoms with van der Waals surface area (Å²) in [6, 6.07) is 56.6. The fraction of sp³-hybridized carbons (Fsp3) is 0. The molecule has 3 heterocycles. The number of benzene rings is 7. The number of para-hydroxylation sites is 1. The smallest absolute Gasteiger partial charge is 0.164 e. The Balaban J connectivity index is 1.22. The zero-order valence-corrected chi connectivity index (χ0v) is 27.6. The van der Waals surface area contributed by atoms with E-state index in [1.165, 1.54) is 31.3 Å². The maximum absolute atomic E-state index is 6.81. The molecular formula is C45H27N3OS. The van der Waals surface area contributed by atoms with E-state index in [9.17, 15) is 0 Å². The number of rotatable bonds is 5. The fourth-order valence-electron chi connectivity index (χ4n) is 7.07. The summed E-state index contributed by atoms with van der Waals surface area (Å²) in [5.74, 6) is 1.87. The van der Waals surface area contributed by atoms with E-state index in [1.54, 1.807) is 0 Å². The molecule has 0 fully saturated rings. The van der Waals surface area contributed by atoms with Gasteiger partial charge in [0.1, 0.15) is 11.2 Å². The van der Waals surface area contributed by atoms with Gasteiger partial charge in [0.15, 0.2) is 17.5 Å². The van der Waals surface area contributed by atoms with Gasteiger partial charge < -0.3 is 4.42 Å². The maximum Gasteiger partial charge on any atom is 0.164 e. The molecule has 0 saturated heterocycles. The second-order valence-corrected chi connectivity index (χ2v) is 13.4. The molecule has 0 aliphatic carbocycles. The maximum atomic E-state index is 6.81. The van der Waals surface area contributed by atoms with E-state index in [4.69, 9.17) is 19.4 Å². The Morgan fingerprint density at radius 3 is 1.66 bits per heavy atom. The lowest BCUT2D eigenvalue weighted by Crippen LogP contribution is -2.00. The highest BCUT2D eigenvalue weighted by Crippen LogP contribution is 2.47. The van der Waals surface area contributed by atoms with Crippen LogP contribution in [0.15, 0.2) is 168 Å². The van der Waals surface area contributed by atoms with Gasteiger partial charge >= 0.3 is 0 Å².